The van der Waals surface area contributed by atoms with Crippen molar-refractivity contribution in [1.29, 1.82) is 0 Å². The number of rotatable bonds is 17. The predicted molar refractivity (Wildman–Crippen MR) is 195 cm³/mol. The second kappa shape index (κ2) is 18.8. The first kappa shape index (κ1) is 35.6. The molecular weight excluding hydrogens is 600 g/mol. The third kappa shape index (κ3) is 10.7. The smallest absolute Gasteiger partial charge is 0.258 e. The minimum Gasteiger partial charge on any atom is -0.326 e. The van der Waals surface area contributed by atoms with E-state index >= 15 is 0 Å². The lowest BCUT2D eigenvalue weighted by molar-refractivity contribution is -0.117. The Kier molecular flexibility index (Phi) is 13.9. The minimum atomic E-state index is -0.0790. The van der Waals surface area contributed by atoms with Gasteiger partial charge in [-0.25, -0.2) is 0 Å². The van der Waals surface area contributed by atoms with Crippen LogP contribution in [0.25, 0.3) is 0 Å². The summed E-state index contributed by atoms with van der Waals surface area (Å²) in [6.07, 6.45) is 6.38. The van der Waals surface area contributed by atoms with Crippen molar-refractivity contribution < 1.29 is 19.2 Å². The number of unbranched alkanes of at least 4 members (excludes halogenated alkanes) is 5. The maximum absolute atomic E-state index is 13.0. The highest BCUT2D eigenvalue weighted by atomic mass is 16.2. The molecule has 4 amide bonds. The van der Waals surface area contributed by atoms with Crippen LogP contribution in [0.4, 0.5) is 22.7 Å². The Balaban J connectivity index is 1.07. The number of para-hydroxylation sites is 2. The molecule has 0 unspecified atom stereocenters. The quantitative estimate of drug-likeness (QED) is 0.112. The summed E-state index contributed by atoms with van der Waals surface area (Å²) in [4.78, 5) is 54.3. The number of nitrogens with one attached hydrogen (secondary N) is 2. The molecule has 4 aromatic carbocycles. The average molecular weight is 647 g/mol. The molecule has 2 N–H and O–H groups in total. The zero-order valence-corrected chi connectivity index (χ0v) is 28.0. The van der Waals surface area contributed by atoms with E-state index in [9.17, 15) is 19.2 Å². The molecule has 0 atom stereocenters. The molecule has 0 aliphatic heterocycles. The van der Waals surface area contributed by atoms with Crippen molar-refractivity contribution in [3.63, 3.8) is 0 Å². The molecule has 0 bridgehead atoms. The number of hydrogen-bond acceptors (Lipinski definition) is 4. The van der Waals surface area contributed by atoms with Crippen molar-refractivity contribution in [2.75, 3.05) is 33.5 Å². The first-order valence-corrected chi connectivity index (χ1v) is 16.9. The third-order valence-corrected chi connectivity index (χ3v) is 8.15. The van der Waals surface area contributed by atoms with Gasteiger partial charge in [-0.2, -0.15) is 0 Å². The molecule has 0 fully saturated rings. The van der Waals surface area contributed by atoms with Gasteiger partial charge in [0.1, 0.15) is 0 Å². The zero-order valence-electron chi connectivity index (χ0n) is 28.0. The largest absolute Gasteiger partial charge is 0.326 e. The molecule has 0 spiro atoms. The van der Waals surface area contributed by atoms with E-state index in [2.05, 4.69) is 10.6 Å². The Hall–Kier alpha value is -5.24. The number of hydrogen-bond donors (Lipinski definition) is 2. The van der Waals surface area contributed by atoms with Crippen molar-refractivity contribution in [1.82, 2.24) is 0 Å². The molecule has 0 aromatic heterocycles. The van der Waals surface area contributed by atoms with Crippen molar-refractivity contribution in [2.24, 2.45) is 0 Å². The standard InChI is InChI=1S/C40H46N4O4/c1-3-43(35-17-11-9-12-18-35)39(47)31-23-27-33(28-24-31)41-37(45)21-15-7-5-6-8-16-22-38(46)42-34-29-25-32(26-30-34)40(48)44(4-2)36-19-13-10-14-20-36/h9-14,17-20,23-30H,3-8,15-16,21-22H2,1-2H3,(H,41,45)(H,42,46). The van der Waals surface area contributed by atoms with Crippen molar-refractivity contribution in [3.8, 4) is 0 Å². The van der Waals surface area contributed by atoms with Crippen molar-refractivity contribution in [3.05, 3.63) is 120 Å². The van der Waals surface area contributed by atoms with Crippen LogP contribution >= 0.6 is 0 Å². The zero-order chi connectivity index (χ0) is 34.1. The van der Waals surface area contributed by atoms with Gasteiger partial charge in [-0.15, -0.1) is 0 Å². The minimum absolute atomic E-state index is 0.0403. The number of carbonyl (C=O) groups excluding carboxylic acids is 4. The molecule has 0 radical (unpaired) electrons. The highest BCUT2D eigenvalue weighted by Crippen LogP contribution is 2.20. The van der Waals surface area contributed by atoms with Gasteiger partial charge in [-0.1, -0.05) is 62.1 Å². The van der Waals surface area contributed by atoms with Crippen LogP contribution in [0.1, 0.15) is 85.9 Å². The summed E-state index contributed by atoms with van der Waals surface area (Å²) in [6.45, 7) is 5.01. The van der Waals surface area contributed by atoms with Gasteiger partial charge in [0, 0.05) is 59.8 Å². The molecule has 250 valence electrons. The lowest BCUT2D eigenvalue weighted by Crippen LogP contribution is -2.30. The number of nitrogens with zero attached hydrogens (tertiary/aromatic N) is 2. The van der Waals surface area contributed by atoms with Crippen LogP contribution in [0, 0.1) is 0 Å². The van der Waals surface area contributed by atoms with E-state index in [4.69, 9.17) is 0 Å². The Morgan fingerprint density at radius 2 is 0.792 bits per heavy atom. The van der Waals surface area contributed by atoms with Gasteiger partial charge >= 0.3 is 0 Å². The van der Waals surface area contributed by atoms with E-state index in [1.54, 1.807) is 58.3 Å². The van der Waals surface area contributed by atoms with Crippen LogP contribution in [0.2, 0.25) is 0 Å². The van der Waals surface area contributed by atoms with Gasteiger partial charge in [0.25, 0.3) is 11.8 Å². The normalized spacial score (nSPS) is 10.6. The summed E-state index contributed by atoms with van der Waals surface area (Å²) in [7, 11) is 0. The molecular formula is C40H46N4O4. The van der Waals surface area contributed by atoms with Gasteiger partial charge in [-0.05, 0) is 99.5 Å². The lowest BCUT2D eigenvalue weighted by Gasteiger charge is -2.21. The van der Waals surface area contributed by atoms with Crippen LogP contribution < -0.4 is 20.4 Å². The number of carbonyl (C=O) groups is 4. The molecule has 0 aliphatic carbocycles. The lowest BCUT2D eigenvalue weighted by atomic mass is 10.1. The highest BCUT2D eigenvalue weighted by Gasteiger charge is 2.17. The fourth-order valence-corrected chi connectivity index (χ4v) is 5.53. The number of benzene rings is 4. The average Bonchev–Trinajstić information content (AvgIpc) is 3.11. The Morgan fingerprint density at radius 3 is 1.12 bits per heavy atom. The molecule has 48 heavy (non-hydrogen) atoms. The molecule has 8 heteroatoms. The van der Waals surface area contributed by atoms with Gasteiger partial charge < -0.3 is 20.4 Å². The maximum Gasteiger partial charge on any atom is 0.258 e. The molecule has 0 saturated carbocycles. The summed E-state index contributed by atoms with van der Waals surface area (Å²) in [5.41, 5.74) is 4.19. The first-order valence-electron chi connectivity index (χ1n) is 16.9. The third-order valence-electron chi connectivity index (χ3n) is 8.15. The molecule has 8 nitrogen and oxygen atoms in total. The van der Waals surface area contributed by atoms with Gasteiger partial charge in [0.2, 0.25) is 11.8 Å². The summed E-state index contributed by atoms with van der Waals surface area (Å²) >= 11 is 0. The topological polar surface area (TPSA) is 98.8 Å². The van der Waals surface area contributed by atoms with E-state index < -0.39 is 0 Å². The first-order chi connectivity index (χ1) is 23.4. The molecule has 4 rings (SSSR count). The van der Waals surface area contributed by atoms with E-state index in [1.807, 2.05) is 74.5 Å². The fraction of sp³-hybridized carbons (Fsp3) is 0.300. The van der Waals surface area contributed by atoms with Crippen molar-refractivity contribution in [2.45, 2.75) is 65.2 Å². The monoisotopic (exact) mass is 646 g/mol. The van der Waals surface area contributed by atoms with Gasteiger partial charge in [0.15, 0.2) is 0 Å². The second-order valence-corrected chi connectivity index (χ2v) is 11.6. The van der Waals surface area contributed by atoms with Gasteiger partial charge in [0.05, 0.1) is 0 Å². The summed E-state index contributed by atoms with van der Waals surface area (Å²) in [5, 5.41) is 5.84. The van der Waals surface area contributed by atoms with Crippen LogP contribution in [0.5, 0.6) is 0 Å². The van der Waals surface area contributed by atoms with E-state index in [-0.39, 0.29) is 23.6 Å². The Bertz CT molecular complexity index is 1480. The van der Waals surface area contributed by atoms with E-state index in [1.165, 1.54) is 0 Å². The summed E-state index contributed by atoms with van der Waals surface area (Å²) in [5.74, 6) is -0.239. The molecule has 0 aliphatic rings. The number of amides is 4. The number of anilines is 4. The summed E-state index contributed by atoms with van der Waals surface area (Å²) in [6, 6.07) is 33.2. The maximum atomic E-state index is 13.0. The van der Waals surface area contributed by atoms with Gasteiger partial charge in [-0.3, -0.25) is 19.2 Å². The van der Waals surface area contributed by atoms with Crippen LogP contribution in [0.3, 0.4) is 0 Å². The van der Waals surface area contributed by atoms with Crippen LogP contribution in [-0.4, -0.2) is 36.7 Å². The highest BCUT2D eigenvalue weighted by molar-refractivity contribution is 6.07. The molecule has 4 aromatic rings. The predicted octanol–water partition coefficient (Wildman–Crippen LogP) is 8.72. The second-order valence-electron chi connectivity index (χ2n) is 11.6. The van der Waals surface area contributed by atoms with Crippen LogP contribution in [0.15, 0.2) is 109 Å². The summed E-state index contributed by atoms with van der Waals surface area (Å²) < 4.78 is 0. The van der Waals surface area contributed by atoms with Crippen molar-refractivity contribution >= 4 is 46.4 Å². The Morgan fingerprint density at radius 1 is 0.458 bits per heavy atom. The SMILES string of the molecule is CCN(C(=O)c1ccc(NC(=O)CCCCCCCCC(=O)Nc2ccc(C(=O)N(CC)c3ccccc3)cc2)cc1)c1ccccc1. The van der Waals surface area contributed by atoms with E-state index in [0.717, 1.165) is 49.9 Å². The Labute approximate surface area is 284 Å². The van der Waals surface area contributed by atoms with Crippen LogP contribution in [-0.2, 0) is 9.59 Å². The molecule has 0 saturated heterocycles. The fourth-order valence-electron chi connectivity index (χ4n) is 5.53. The van der Waals surface area contributed by atoms with E-state index in [0.29, 0.717) is 48.4 Å². The molecule has 0 heterocycles.